The molecular formula is C22H18F3N3O4S. The van der Waals surface area contributed by atoms with E-state index < -0.39 is 16.4 Å². The number of alkyl halides is 3. The van der Waals surface area contributed by atoms with Crippen molar-refractivity contribution < 1.29 is 31.4 Å². The lowest BCUT2D eigenvalue weighted by Crippen LogP contribution is -2.17. The molecule has 0 atom stereocenters. The number of pyridine rings is 1. The maximum absolute atomic E-state index is 12.3. The average Bonchev–Trinajstić information content (AvgIpc) is 3.02. The van der Waals surface area contributed by atoms with Gasteiger partial charge in [0, 0.05) is 29.0 Å². The van der Waals surface area contributed by atoms with Crippen molar-refractivity contribution in [2.75, 3.05) is 11.0 Å². The van der Waals surface area contributed by atoms with E-state index in [1.54, 1.807) is 42.7 Å². The van der Waals surface area contributed by atoms with Crippen molar-refractivity contribution in [1.82, 2.24) is 9.55 Å². The molecule has 7 nitrogen and oxygen atoms in total. The Labute approximate surface area is 187 Å². The second-order valence-electron chi connectivity index (χ2n) is 7.39. The highest BCUT2D eigenvalue weighted by atomic mass is 32.2. The summed E-state index contributed by atoms with van der Waals surface area (Å²) in [5.74, 6) is -0.410. The molecule has 33 heavy (non-hydrogen) atoms. The Morgan fingerprint density at radius 3 is 2.48 bits per heavy atom. The third kappa shape index (κ3) is 5.55. The van der Waals surface area contributed by atoms with E-state index in [4.69, 9.17) is 0 Å². The van der Waals surface area contributed by atoms with Crippen LogP contribution in [0.3, 0.4) is 0 Å². The average molecular weight is 477 g/mol. The maximum atomic E-state index is 12.3. The molecule has 0 aliphatic heterocycles. The highest BCUT2D eigenvalue weighted by Crippen LogP contribution is 2.31. The summed E-state index contributed by atoms with van der Waals surface area (Å²) in [7, 11) is -3.42. The van der Waals surface area contributed by atoms with Gasteiger partial charge in [0.2, 0.25) is 15.9 Å². The number of halogens is 3. The molecule has 2 heterocycles. The molecule has 0 bridgehead atoms. The van der Waals surface area contributed by atoms with Crippen LogP contribution in [0.1, 0.15) is 5.56 Å². The highest BCUT2D eigenvalue weighted by Gasteiger charge is 2.30. The lowest BCUT2D eigenvalue weighted by molar-refractivity contribution is -0.274. The number of sulfonamides is 1. The van der Waals surface area contributed by atoms with Crippen LogP contribution < -0.4 is 9.46 Å². The van der Waals surface area contributed by atoms with Gasteiger partial charge in [-0.25, -0.2) is 13.4 Å². The third-order valence-corrected chi connectivity index (χ3v) is 5.31. The molecule has 0 spiro atoms. The number of aromatic hydroxyl groups is 1. The number of benzene rings is 2. The Morgan fingerprint density at radius 1 is 1.09 bits per heavy atom. The fourth-order valence-electron chi connectivity index (χ4n) is 3.38. The van der Waals surface area contributed by atoms with Crippen molar-refractivity contribution in [3.8, 4) is 22.8 Å². The largest absolute Gasteiger partial charge is 0.573 e. The topological polar surface area (TPSA) is 93.5 Å². The molecule has 0 fully saturated rings. The van der Waals surface area contributed by atoms with Gasteiger partial charge in [0.05, 0.1) is 12.8 Å². The Balaban J connectivity index is 1.59. The summed E-state index contributed by atoms with van der Waals surface area (Å²) in [5.41, 5.74) is 2.87. The molecule has 4 rings (SSSR count). The quantitative estimate of drug-likeness (QED) is 0.419. The molecule has 0 saturated carbocycles. The number of nitrogens with zero attached hydrogens (tertiary/aromatic N) is 2. The third-order valence-electron chi connectivity index (χ3n) is 4.70. The van der Waals surface area contributed by atoms with Gasteiger partial charge in [-0.2, -0.15) is 0 Å². The van der Waals surface area contributed by atoms with Gasteiger partial charge in [-0.05, 0) is 41.5 Å². The number of fused-ring (bicyclic) bond motifs is 1. The second-order valence-corrected chi connectivity index (χ2v) is 9.14. The van der Waals surface area contributed by atoms with Crippen molar-refractivity contribution in [1.29, 1.82) is 0 Å². The van der Waals surface area contributed by atoms with Gasteiger partial charge in [-0.3, -0.25) is 4.72 Å². The van der Waals surface area contributed by atoms with E-state index in [9.17, 15) is 26.7 Å². The van der Waals surface area contributed by atoms with Crippen molar-refractivity contribution in [3.63, 3.8) is 0 Å². The van der Waals surface area contributed by atoms with Crippen LogP contribution in [0, 0.1) is 0 Å². The van der Waals surface area contributed by atoms with Crippen molar-refractivity contribution in [3.05, 3.63) is 72.6 Å². The molecule has 2 aromatic heterocycles. The number of hydrogen-bond acceptors (Lipinski definition) is 5. The summed E-state index contributed by atoms with van der Waals surface area (Å²) in [4.78, 5) is 4.32. The molecule has 0 saturated heterocycles. The number of anilines is 1. The predicted octanol–water partition coefficient (Wildman–Crippen LogP) is 4.73. The normalized spacial score (nSPS) is 12.1. The van der Waals surface area contributed by atoms with Crippen LogP contribution in [-0.4, -0.2) is 35.7 Å². The summed E-state index contributed by atoms with van der Waals surface area (Å²) >= 11 is 0. The Hall–Kier alpha value is -3.73. The van der Waals surface area contributed by atoms with Crippen LogP contribution in [0.15, 0.2) is 67.0 Å². The van der Waals surface area contributed by atoms with E-state index in [1.165, 1.54) is 28.8 Å². The Bertz CT molecular complexity index is 1420. The zero-order valence-electron chi connectivity index (χ0n) is 17.2. The van der Waals surface area contributed by atoms with E-state index in [0.29, 0.717) is 27.7 Å². The summed E-state index contributed by atoms with van der Waals surface area (Å²) in [6, 6.07) is 14.0. The van der Waals surface area contributed by atoms with Gasteiger partial charge in [0.25, 0.3) is 0 Å². The first kappa shape index (κ1) is 22.5. The maximum Gasteiger partial charge on any atom is 0.573 e. The van der Waals surface area contributed by atoms with Crippen LogP contribution in [0.4, 0.5) is 18.9 Å². The van der Waals surface area contributed by atoms with E-state index >= 15 is 0 Å². The standard InChI is InChI=1S/C22H18F3N3O4S/c1-33(30,31)27-18-4-2-3-15(10-18)16-9-17-13-28(21(29)20(17)26-11-16)12-14-5-7-19(8-6-14)32-22(23,24)25/h2-11,13,27,29H,12H2,1H3. The molecule has 11 heteroatoms. The fraction of sp³-hybridized carbons (Fsp3) is 0.136. The predicted molar refractivity (Wildman–Crippen MR) is 118 cm³/mol. The molecule has 0 aliphatic carbocycles. The molecule has 0 aliphatic rings. The number of aromatic nitrogens is 2. The number of hydrogen-bond donors (Lipinski definition) is 2. The van der Waals surface area contributed by atoms with E-state index in [2.05, 4.69) is 14.4 Å². The minimum absolute atomic E-state index is 0.0836. The van der Waals surface area contributed by atoms with Gasteiger partial charge in [0.15, 0.2) is 0 Å². The van der Waals surface area contributed by atoms with Crippen LogP contribution in [-0.2, 0) is 16.6 Å². The lowest BCUT2D eigenvalue weighted by Gasteiger charge is -2.10. The summed E-state index contributed by atoms with van der Waals surface area (Å²) < 4.78 is 67.7. The lowest BCUT2D eigenvalue weighted by atomic mass is 10.1. The molecule has 0 amide bonds. The summed E-state index contributed by atoms with van der Waals surface area (Å²) in [6.07, 6.45) is -0.452. The SMILES string of the molecule is CS(=O)(=O)Nc1cccc(-c2cnc3c(O)n(Cc4ccc(OC(F)(F)F)cc4)cc3c2)c1. The van der Waals surface area contributed by atoms with E-state index in [0.717, 1.165) is 11.8 Å². The van der Waals surface area contributed by atoms with Crippen LogP contribution in [0.2, 0.25) is 0 Å². The zero-order chi connectivity index (χ0) is 23.8. The highest BCUT2D eigenvalue weighted by molar-refractivity contribution is 7.92. The number of rotatable bonds is 6. The first-order valence-corrected chi connectivity index (χ1v) is 11.5. The fourth-order valence-corrected chi connectivity index (χ4v) is 3.94. The molecule has 172 valence electrons. The minimum Gasteiger partial charge on any atom is -0.493 e. The Kier molecular flexibility index (Phi) is 5.66. The number of ether oxygens (including phenoxy) is 1. The van der Waals surface area contributed by atoms with Crippen molar-refractivity contribution in [2.24, 2.45) is 0 Å². The number of nitrogens with one attached hydrogen (secondary N) is 1. The Morgan fingerprint density at radius 2 is 1.82 bits per heavy atom. The van der Waals surface area contributed by atoms with E-state index in [-0.39, 0.29) is 18.2 Å². The molecule has 0 unspecified atom stereocenters. The first-order valence-electron chi connectivity index (χ1n) is 9.58. The monoisotopic (exact) mass is 477 g/mol. The van der Waals surface area contributed by atoms with Crippen molar-refractivity contribution >= 4 is 26.6 Å². The summed E-state index contributed by atoms with van der Waals surface area (Å²) in [6.45, 7) is 0.206. The van der Waals surface area contributed by atoms with Crippen LogP contribution in [0.5, 0.6) is 11.6 Å². The van der Waals surface area contributed by atoms with Gasteiger partial charge >= 0.3 is 6.36 Å². The molecular weight excluding hydrogens is 459 g/mol. The van der Waals surface area contributed by atoms with Gasteiger partial charge in [-0.1, -0.05) is 24.3 Å². The van der Waals surface area contributed by atoms with Gasteiger partial charge in [0.1, 0.15) is 11.3 Å². The zero-order valence-corrected chi connectivity index (χ0v) is 18.0. The second kappa shape index (κ2) is 8.32. The van der Waals surface area contributed by atoms with Gasteiger partial charge in [-0.15, -0.1) is 13.2 Å². The molecule has 0 radical (unpaired) electrons. The van der Waals surface area contributed by atoms with E-state index in [1.807, 2.05) is 0 Å². The van der Waals surface area contributed by atoms with Crippen LogP contribution in [0.25, 0.3) is 22.0 Å². The molecule has 4 aromatic rings. The molecule has 2 aromatic carbocycles. The van der Waals surface area contributed by atoms with Crippen LogP contribution >= 0.6 is 0 Å². The van der Waals surface area contributed by atoms with Gasteiger partial charge < -0.3 is 14.4 Å². The molecule has 2 N–H and O–H groups in total. The first-order chi connectivity index (χ1) is 15.5. The smallest absolute Gasteiger partial charge is 0.493 e. The minimum atomic E-state index is -4.76. The van der Waals surface area contributed by atoms with Crippen molar-refractivity contribution in [2.45, 2.75) is 12.9 Å². The summed E-state index contributed by atoms with van der Waals surface area (Å²) in [5, 5.41) is 11.2.